The van der Waals surface area contributed by atoms with Gasteiger partial charge >= 0.3 is 0 Å². The number of hydrogen-bond donors (Lipinski definition) is 1. The predicted molar refractivity (Wildman–Crippen MR) is 81.6 cm³/mol. The maximum absolute atomic E-state index is 5.34. The van der Waals surface area contributed by atoms with Crippen molar-refractivity contribution in [3.8, 4) is 11.5 Å². The number of nitrogens with zero attached hydrogens (tertiary/aromatic N) is 1. The first kappa shape index (κ1) is 14.8. The Morgan fingerprint density at radius 1 is 1.10 bits per heavy atom. The van der Waals surface area contributed by atoms with Crippen LogP contribution in [0.4, 0.5) is 0 Å². The van der Waals surface area contributed by atoms with E-state index in [9.17, 15) is 0 Å². The molecular weight excluding hydrogens is 272 g/mol. The summed E-state index contributed by atoms with van der Waals surface area (Å²) < 4.78 is 10.6. The summed E-state index contributed by atoms with van der Waals surface area (Å²) in [6.07, 6.45) is 0. The zero-order chi connectivity index (χ0) is 14.5. The first-order valence-corrected chi connectivity index (χ1v) is 7.46. The Morgan fingerprint density at radius 2 is 1.85 bits per heavy atom. The fourth-order valence-electron chi connectivity index (χ4n) is 2.11. The molecule has 108 valence electrons. The average Bonchev–Trinajstić information content (AvgIpc) is 3.00. The van der Waals surface area contributed by atoms with E-state index < -0.39 is 0 Å². The van der Waals surface area contributed by atoms with Gasteiger partial charge in [-0.1, -0.05) is 6.07 Å². The summed E-state index contributed by atoms with van der Waals surface area (Å²) in [7, 11) is 3.29. The van der Waals surface area contributed by atoms with Crippen molar-refractivity contribution in [2.75, 3.05) is 14.2 Å². The molecule has 2 aromatic rings. The average molecular weight is 292 g/mol. The summed E-state index contributed by atoms with van der Waals surface area (Å²) >= 11 is 1.61. The smallest absolute Gasteiger partial charge is 0.161 e. The Balaban J connectivity index is 2.11. The lowest BCUT2D eigenvalue weighted by Gasteiger charge is -2.20. The normalized spacial score (nSPS) is 13.8. The van der Waals surface area contributed by atoms with Gasteiger partial charge in [-0.15, -0.1) is 11.3 Å². The summed E-state index contributed by atoms with van der Waals surface area (Å²) in [6.45, 7) is 4.25. The molecule has 0 fully saturated rings. The van der Waals surface area contributed by atoms with E-state index in [1.807, 2.05) is 23.7 Å². The third kappa shape index (κ3) is 3.29. The monoisotopic (exact) mass is 292 g/mol. The molecule has 2 atom stereocenters. The van der Waals surface area contributed by atoms with E-state index in [0.717, 1.165) is 22.8 Å². The molecule has 2 unspecified atom stereocenters. The highest BCUT2D eigenvalue weighted by atomic mass is 32.1. The molecule has 0 bridgehead atoms. The highest BCUT2D eigenvalue weighted by Crippen LogP contribution is 2.30. The van der Waals surface area contributed by atoms with Crippen molar-refractivity contribution in [1.29, 1.82) is 0 Å². The maximum Gasteiger partial charge on any atom is 0.161 e. The molecule has 1 N–H and O–H groups in total. The number of rotatable bonds is 6. The van der Waals surface area contributed by atoms with Crippen molar-refractivity contribution in [3.63, 3.8) is 0 Å². The van der Waals surface area contributed by atoms with Crippen LogP contribution >= 0.6 is 11.3 Å². The van der Waals surface area contributed by atoms with E-state index in [2.05, 4.69) is 29.5 Å². The van der Waals surface area contributed by atoms with Crippen molar-refractivity contribution >= 4 is 11.3 Å². The number of nitrogens with one attached hydrogen (secondary N) is 1. The van der Waals surface area contributed by atoms with Crippen LogP contribution in [0, 0.1) is 0 Å². The Hall–Kier alpha value is -1.59. The van der Waals surface area contributed by atoms with Crippen molar-refractivity contribution in [3.05, 3.63) is 40.3 Å². The van der Waals surface area contributed by atoms with Crippen LogP contribution in [0.5, 0.6) is 11.5 Å². The van der Waals surface area contributed by atoms with Crippen molar-refractivity contribution in [2.24, 2.45) is 0 Å². The Kier molecular flexibility index (Phi) is 4.98. The molecule has 1 heterocycles. The molecule has 5 heteroatoms. The van der Waals surface area contributed by atoms with Crippen molar-refractivity contribution in [1.82, 2.24) is 10.3 Å². The quantitative estimate of drug-likeness (QED) is 0.884. The van der Waals surface area contributed by atoms with Gasteiger partial charge in [-0.3, -0.25) is 0 Å². The Morgan fingerprint density at radius 3 is 2.45 bits per heavy atom. The molecule has 4 nitrogen and oxygen atoms in total. The van der Waals surface area contributed by atoms with Gasteiger partial charge in [0, 0.05) is 17.5 Å². The second-order valence-electron chi connectivity index (χ2n) is 4.64. The van der Waals surface area contributed by atoms with E-state index in [-0.39, 0.29) is 12.1 Å². The minimum Gasteiger partial charge on any atom is -0.493 e. The van der Waals surface area contributed by atoms with Gasteiger partial charge in [-0.05, 0) is 31.5 Å². The van der Waals surface area contributed by atoms with Crippen LogP contribution in [0.1, 0.15) is 37.2 Å². The molecular formula is C15H20N2O2S. The van der Waals surface area contributed by atoms with E-state index >= 15 is 0 Å². The Labute approximate surface area is 123 Å². The van der Waals surface area contributed by atoms with Crippen LogP contribution in [0.2, 0.25) is 0 Å². The Bertz CT molecular complexity index is 543. The third-order valence-electron chi connectivity index (χ3n) is 3.30. The third-order valence-corrected chi connectivity index (χ3v) is 3.91. The number of benzene rings is 1. The lowest BCUT2D eigenvalue weighted by atomic mass is 10.1. The first-order chi connectivity index (χ1) is 9.65. The molecule has 0 aliphatic heterocycles. The van der Waals surface area contributed by atoms with Gasteiger partial charge in [0.25, 0.3) is 0 Å². The largest absolute Gasteiger partial charge is 0.493 e. The lowest BCUT2D eigenvalue weighted by Crippen LogP contribution is -2.22. The summed E-state index contributed by atoms with van der Waals surface area (Å²) in [5.74, 6) is 1.50. The van der Waals surface area contributed by atoms with Crippen LogP contribution in [-0.4, -0.2) is 19.2 Å². The van der Waals surface area contributed by atoms with Gasteiger partial charge in [0.2, 0.25) is 0 Å². The number of aromatic nitrogens is 1. The van der Waals surface area contributed by atoms with Crippen molar-refractivity contribution < 1.29 is 9.47 Å². The summed E-state index contributed by atoms with van der Waals surface area (Å²) in [6, 6.07) is 6.40. The number of ether oxygens (including phenoxy) is 2. The SMILES string of the molecule is COc1ccc(C(C)NC(C)c2cscn2)cc1OC. The summed E-state index contributed by atoms with van der Waals surface area (Å²) in [5.41, 5.74) is 4.08. The fraction of sp³-hybridized carbons (Fsp3) is 0.400. The first-order valence-electron chi connectivity index (χ1n) is 6.51. The predicted octanol–water partition coefficient (Wildman–Crippen LogP) is 3.57. The second-order valence-corrected chi connectivity index (χ2v) is 5.36. The molecule has 0 amide bonds. The van der Waals surface area contributed by atoms with Gasteiger partial charge in [-0.25, -0.2) is 4.98 Å². The second kappa shape index (κ2) is 6.72. The number of methoxy groups -OCH3 is 2. The zero-order valence-electron chi connectivity index (χ0n) is 12.2. The van der Waals surface area contributed by atoms with Crippen LogP contribution in [-0.2, 0) is 0 Å². The van der Waals surface area contributed by atoms with Gasteiger partial charge in [0.1, 0.15) is 0 Å². The van der Waals surface area contributed by atoms with Crippen LogP contribution < -0.4 is 14.8 Å². The van der Waals surface area contributed by atoms with Crippen LogP contribution in [0.25, 0.3) is 0 Å². The molecule has 0 aliphatic carbocycles. The van der Waals surface area contributed by atoms with Gasteiger partial charge < -0.3 is 14.8 Å². The number of hydrogen-bond acceptors (Lipinski definition) is 5. The van der Waals surface area contributed by atoms with E-state index in [1.54, 1.807) is 25.6 Å². The summed E-state index contributed by atoms with van der Waals surface area (Å²) in [5, 5.41) is 5.60. The summed E-state index contributed by atoms with van der Waals surface area (Å²) in [4.78, 5) is 4.34. The van der Waals surface area contributed by atoms with E-state index in [0.29, 0.717) is 0 Å². The van der Waals surface area contributed by atoms with Gasteiger partial charge in [0.05, 0.1) is 25.4 Å². The van der Waals surface area contributed by atoms with E-state index in [4.69, 9.17) is 9.47 Å². The van der Waals surface area contributed by atoms with Crippen LogP contribution in [0.15, 0.2) is 29.1 Å². The molecule has 1 aromatic heterocycles. The molecule has 0 spiro atoms. The molecule has 0 saturated carbocycles. The van der Waals surface area contributed by atoms with Crippen molar-refractivity contribution in [2.45, 2.75) is 25.9 Å². The zero-order valence-corrected chi connectivity index (χ0v) is 13.0. The topological polar surface area (TPSA) is 43.4 Å². The molecule has 2 rings (SSSR count). The van der Waals surface area contributed by atoms with Gasteiger partial charge in [-0.2, -0.15) is 0 Å². The maximum atomic E-state index is 5.34. The highest BCUT2D eigenvalue weighted by molar-refractivity contribution is 7.07. The minimum atomic E-state index is 0.200. The molecule has 0 aliphatic rings. The number of thiazole rings is 1. The van der Waals surface area contributed by atoms with Gasteiger partial charge in [0.15, 0.2) is 11.5 Å². The fourth-order valence-corrected chi connectivity index (χ4v) is 2.76. The molecule has 0 saturated heterocycles. The minimum absolute atomic E-state index is 0.200. The molecule has 1 aromatic carbocycles. The lowest BCUT2D eigenvalue weighted by molar-refractivity contribution is 0.353. The van der Waals surface area contributed by atoms with E-state index in [1.165, 1.54) is 0 Å². The highest BCUT2D eigenvalue weighted by Gasteiger charge is 2.14. The standard InChI is InChI=1S/C15H20N2O2S/c1-10(17-11(2)13-8-20-9-16-13)12-5-6-14(18-3)15(7-12)19-4/h5-11,17H,1-4H3. The molecule has 20 heavy (non-hydrogen) atoms. The van der Waals surface area contributed by atoms with Crippen LogP contribution in [0.3, 0.4) is 0 Å². The molecule has 0 radical (unpaired) electrons.